The molecule has 0 spiro atoms. The van der Waals surface area contributed by atoms with Crippen LogP contribution in [-0.2, 0) is 0 Å². The second-order valence-corrected chi connectivity index (χ2v) is 6.64. The standard InChI is InChI=1S/C15H17N3OS.CH3NO/c16-9-12-10-18(11-12)20-14-5-3-4-13(8-14)15(19)17-6-1-2-7-17;1-2-3/h3-5,8,12H,1-2,6-7,10-11H2;1H3. The number of carbonyl (C=O) groups is 1. The lowest BCUT2D eigenvalue weighted by Gasteiger charge is -2.33. The van der Waals surface area contributed by atoms with Gasteiger partial charge in [0.25, 0.3) is 5.91 Å². The van der Waals surface area contributed by atoms with Crippen LogP contribution in [0.15, 0.2) is 34.3 Å². The summed E-state index contributed by atoms with van der Waals surface area (Å²) in [5.74, 6) is 0.306. The third-order valence-electron chi connectivity index (χ3n) is 3.74. The zero-order valence-corrected chi connectivity index (χ0v) is 14.0. The van der Waals surface area contributed by atoms with Crippen molar-refractivity contribution in [2.75, 3.05) is 33.2 Å². The van der Waals surface area contributed by atoms with Gasteiger partial charge in [0.05, 0.1) is 19.0 Å². The molecule has 2 aliphatic heterocycles. The van der Waals surface area contributed by atoms with Crippen LogP contribution >= 0.6 is 11.9 Å². The first kappa shape index (κ1) is 17.4. The average Bonchev–Trinajstić information content (AvgIpc) is 3.05. The fourth-order valence-electron chi connectivity index (χ4n) is 2.53. The summed E-state index contributed by atoms with van der Waals surface area (Å²) in [4.78, 5) is 23.9. The van der Waals surface area contributed by atoms with E-state index >= 15 is 0 Å². The van der Waals surface area contributed by atoms with Crippen LogP contribution in [0.5, 0.6) is 0 Å². The predicted octanol–water partition coefficient (Wildman–Crippen LogP) is 2.77. The van der Waals surface area contributed by atoms with Crippen molar-refractivity contribution in [1.29, 1.82) is 5.26 Å². The van der Waals surface area contributed by atoms with Crippen molar-refractivity contribution in [1.82, 2.24) is 9.21 Å². The van der Waals surface area contributed by atoms with Gasteiger partial charge in [-0.2, -0.15) is 10.2 Å². The number of amides is 1. The number of benzene rings is 1. The molecule has 0 bridgehead atoms. The SMILES string of the molecule is CN=O.N#CC1CN(Sc2cccc(C(=O)N3CCCC3)c2)C1. The highest BCUT2D eigenvalue weighted by Crippen LogP contribution is 2.30. The second kappa shape index (κ2) is 8.65. The maximum absolute atomic E-state index is 12.3. The first-order chi connectivity index (χ1) is 11.2. The van der Waals surface area contributed by atoms with E-state index in [1.807, 2.05) is 29.2 Å². The van der Waals surface area contributed by atoms with E-state index in [4.69, 9.17) is 10.2 Å². The normalized spacial score (nSPS) is 17.7. The zero-order valence-electron chi connectivity index (χ0n) is 13.1. The van der Waals surface area contributed by atoms with Gasteiger partial charge in [-0.05, 0) is 43.0 Å². The Morgan fingerprint density at radius 2 is 2.00 bits per heavy atom. The van der Waals surface area contributed by atoms with Crippen molar-refractivity contribution in [3.8, 4) is 6.07 Å². The molecule has 23 heavy (non-hydrogen) atoms. The summed E-state index contributed by atoms with van der Waals surface area (Å²) in [7, 11) is 1.19. The Kier molecular flexibility index (Phi) is 6.56. The molecule has 2 fully saturated rings. The molecule has 1 aromatic carbocycles. The van der Waals surface area contributed by atoms with Crippen molar-refractivity contribution in [3.05, 3.63) is 34.7 Å². The fraction of sp³-hybridized carbons (Fsp3) is 0.500. The number of rotatable bonds is 3. The highest BCUT2D eigenvalue weighted by Gasteiger charge is 2.27. The van der Waals surface area contributed by atoms with Crippen molar-refractivity contribution < 1.29 is 4.79 Å². The lowest BCUT2D eigenvalue weighted by molar-refractivity contribution is 0.0792. The summed E-state index contributed by atoms with van der Waals surface area (Å²) < 4.78 is 2.16. The lowest BCUT2D eigenvalue weighted by atomic mass is 10.1. The van der Waals surface area contributed by atoms with Gasteiger partial charge in [0.2, 0.25) is 0 Å². The summed E-state index contributed by atoms with van der Waals surface area (Å²) in [6.07, 6.45) is 2.23. The van der Waals surface area contributed by atoms with Crippen molar-refractivity contribution in [3.63, 3.8) is 0 Å². The van der Waals surface area contributed by atoms with Crippen LogP contribution in [0.4, 0.5) is 0 Å². The average molecular weight is 332 g/mol. The van der Waals surface area contributed by atoms with Crippen LogP contribution in [0.3, 0.4) is 0 Å². The van der Waals surface area contributed by atoms with Gasteiger partial charge in [-0.25, -0.2) is 4.31 Å². The quantitative estimate of drug-likeness (QED) is 0.628. The number of nitroso groups, excluding NO2 is 1. The summed E-state index contributed by atoms with van der Waals surface area (Å²) in [6, 6.07) is 10.1. The number of nitrogens with zero attached hydrogens (tertiary/aromatic N) is 4. The summed E-state index contributed by atoms with van der Waals surface area (Å²) in [6.45, 7) is 3.38. The number of likely N-dealkylation sites (tertiary alicyclic amines) is 1. The van der Waals surface area contributed by atoms with E-state index in [-0.39, 0.29) is 11.8 Å². The molecule has 122 valence electrons. The van der Waals surface area contributed by atoms with Crippen LogP contribution in [0.25, 0.3) is 0 Å². The molecule has 2 aliphatic rings. The highest BCUT2D eigenvalue weighted by atomic mass is 32.2. The van der Waals surface area contributed by atoms with E-state index in [1.54, 1.807) is 11.9 Å². The molecule has 2 saturated heterocycles. The number of hydrogen-bond donors (Lipinski definition) is 0. The van der Waals surface area contributed by atoms with Gasteiger partial charge in [-0.15, -0.1) is 0 Å². The molecule has 0 aliphatic carbocycles. The maximum atomic E-state index is 12.3. The lowest BCUT2D eigenvalue weighted by Crippen LogP contribution is -2.40. The second-order valence-electron chi connectivity index (χ2n) is 5.47. The Labute approximate surface area is 140 Å². The molecule has 0 N–H and O–H groups in total. The fourth-order valence-corrected chi connectivity index (χ4v) is 3.66. The first-order valence-electron chi connectivity index (χ1n) is 7.61. The van der Waals surface area contributed by atoms with Crippen LogP contribution in [0.2, 0.25) is 0 Å². The van der Waals surface area contributed by atoms with Gasteiger partial charge in [-0.1, -0.05) is 11.2 Å². The molecule has 3 rings (SSSR count). The van der Waals surface area contributed by atoms with E-state index < -0.39 is 0 Å². The number of carbonyl (C=O) groups excluding carboxylic acids is 1. The topological polar surface area (TPSA) is 76.8 Å². The summed E-state index contributed by atoms with van der Waals surface area (Å²) in [5, 5.41) is 11.0. The van der Waals surface area contributed by atoms with Crippen molar-refractivity contribution >= 4 is 17.9 Å². The molecule has 7 heteroatoms. The summed E-state index contributed by atoms with van der Waals surface area (Å²) in [5.41, 5.74) is 0.772. The van der Waals surface area contributed by atoms with Crippen molar-refractivity contribution in [2.24, 2.45) is 11.1 Å². The predicted molar refractivity (Wildman–Crippen MR) is 89.8 cm³/mol. The van der Waals surface area contributed by atoms with E-state index in [1.165, 1.54) is 7.05 Å². The molecule has 1 amide bonds. The number of nitriles is 1. The molecule has 0 aromatic heterocycles. The van der Waals surface area contributed by atoms with Crippen LogP contribution < -0.4 is 0 Å². The van der Waals surface area contributed by atoms with E-state index in [0.29, 0.717) is 0 Å². The minimum atomic E-state index is 0.142. The molecule has 0 radical (unpaired) electrons. The third-order valence-corrected chi connectivity index (χ3v) is 4.76. The molecule has 6 nitrogen and oxygen atoms in total. The minimum absolute atomic E-state index is 0.142. The monoisotopic (exact) mass is 332 g/mol. The Morgan fingerprint density at radius 3 is 2.61 bits per heavy atom. The molecule has 2 heterocycles. The molecule has 0 saturated carbocycles. The zero-order chi connectivity index (χ0) is 16.7. The Balaban J connectivity index is 0.000000595. The van der Waals surface area contributed by atoms with Gasteiger partial charge in [0, 0.05) is 36.6 Å². The Hall–Kier alpha value is -1.91. The maximum Gasteiger partial charge on any atom is 0.253 e. The molecular weight excluding hydrogens is 312 g/mol. The molecule has 1 aromatic rings. The summed E-state index contributed by atoms with van der Waals surface area (Å²) >= 11 is 1.64. The highest BCUT2D eigenvalue weighted by molar-refractivity contribution is 7.97. The van der Waals surface area contributed by atoms with Crippen molar-refractivity contribution in [2.45, 2.75) is 17.7 Å². The van der Waals surface area contributed by atoms with Crippen LogP contribution in [-0.4, -0.2) is 48.3 Å². The molecule has 0 unspecified atom stereocenters. The van der Waals surface area contributed by atoms with E-state index in [0.717, 1.165) is 49.5 Å². The molecular formula is C16H20N4O2S. The first-order valence-corrected chi connectivity index (χ1v) is 8.38. The van der Waals surface area contributed by atoms with Gasteiger partial charge < -0.3 is 4.90 Å². The largest absolute Gasteiger partial charge is 0.339 e. The van der Waals surface area contributed by atoms with Gasteiger partial charge in [-0.3, -0.25) is 4.79 Å². The minimum Gasteiger partial charge on any atom is -0.339 e. The van der Waals surface area contributed by atoms with E-state index in [2.05, 4.69) is 15.6 Å². The van der Waals surface area contributed by atoms with Crippen LogP contribution in [0, 0.1) is 22.2 Å². The molecule has 0 atom stereocenters. The Morgan fingerprint density at radius 1 is 1.35 bits per heavy atom. The van der Waals surface area contributed by atoms with Gasteiger partial charge >= 0.3 is 0 Å². The number of hydrogen-bond acceptors (Lipinski definition) is 6. The van der Waals surface area contributed by atoms with Gasteiger partial charge in [0.1, 0.15) is 0 Å². The smallest absolute Gasteiger partial charge is 0.253 e. The van der Waals surface area contributed by atoms with E-state index in [9.17, 15) is 4.79 Å². The van der Waals surface area contributed by atoms with Crippen LogP contribution in [0.1, 0.15) is 23.2 Å². The Bertz CT molecular complexity index is 590. The van der Waals surface area contributed by atoms with Gasteiger partial charge in [0.15, 0.2) is 0 Å². The third kappa shape index (κ3) is 4.78.